The van der Waals surface area contributed by atoms with Crippen LogP contribution in [0.5, 0.6) is 0 Å². The molecule has 0 radical (unpaired) electrons. The van der Waals surface area contributed by atoms with Gasteiger partial charge in [-0.1, -0.05) is 37.3 Å². The average molecular weight is 235 g/mol. The second-order valence-electron chi connectivity index (χ2n) is 4.03. The van der Waals surface area contributed by atoms with Crippen LogP contribution < -0.4 is 5.32 Å². The van der Waals surface area contributed by atoms with Gasteiger partial charge in [0, 0.05) is 0 Å². The monoisotopic (exact) mass is 235 g/mol. The van der Waals surface area contributed by atoms with Crippen molar-refractivity contribution in [2.24, 2.45) is 0 Å². The van der Waals surface area contributed by atoms with Crippen molar-refractivity contribution in [3.05, 3.63) is 35.9 Å². The summed E-state index contributed by atoms with van der Waals surface area (Å²) < 4.78 is 4.72. The first-order chi connectivity index (χ1) is 8.27. The van der Waals surface area contributed by atoms with E-state index < -0.39 is 0 Å². The number of methoxy groups -OCH3 is 1. The number of esters is 1. The van der Waals surface area contributed by atoms with Crippen LogP contribution in [0.2, 0.25) is 0 Å². The first-order valence-corrected chi connectivity index (χ1v) is 6.13. The molecule has 1 unspecified atom stereocenters. The third-order valence-electron chi connectivity index (χ3n) is 2.77. The van der Waals surface area contributed by atoms with Crippen molar-refractivity contribution in [3.63, 3.8) is 0 Å². The van der Waals surface area contributed by atoms with E-state index in [0.717, 1.165) is 25.8 Å². The summed E-state index contributed by atoms with van der Waals surface area (Å²) in [6, 6.07) is 10.2. The van der Waals surface area contributed by atoms with Gasteiger partial charge in [-0.05, 0) is 31.4 Å². The standard InChI is InChI=1S/C14H21NO2/c1-3-13(14(16)17-2)15-11-7-10-12-8-5-4-6-9-12/h4-6,8-9,13,15H,3,7,10-11H2,1-2H3. The number of ether oxygens (including phenoxy) is 1. The second-order valence-corrected chi connectivity index (χ2v) is 4.03. The summed E-state index contributed by atoms with van der Waals surface area (Å²) in [5.74, 6) is -0.174. The summed E-state index contributed by atoms with van der Waals surface area (Å²) in [5.41, 5.74) is 1.33. The lowest BCUT2D eigenvalue weighted by Crippen LogP contribution is -2.37. The fourth-order valence-electron chi connectivity index (χ4n) is 1.75. The molecule has 94 valence electrons. The smallest absolute Gasteiger partial charge is 0.322 e. The molecule has 0 saturated heterocycles. The molecule has 0 spiro atoms. The fraction of sp³-hybridized carbons (Fsp3) is 0.500. The van der Waals surface area contributed by atoms with Gasteiger partial charge in [0.2, 0.25) is 0 Å². The minimum Gasteiger partial charge on any atom is -0.468 e. The quantitative estimate of drug-likeness (QED) is 0.581. The zero-order valence-corrected chi connectivity index (χ0v) is 10.6. The predicted octanol–water partition coefficient (Wildman–Crippen LogP) is 2.16. The van der Waals surface area contributed by atoms with E-state index in [1.807, 2.05) is 25.1 Å². The van der Waals surface area contributed by atoms with Crippen LogP contribution in [-0.4, -0.2) is 25.7 Å². The highest BCUT2D eigenvalue weighted by Gasteiger charge is 2.14. The maximum absolute atomic E-state index is 11.3. The molecule has 0 heterocycles. The molecule has 0 aromatic heterocycles. The molecule has 0 bridgehead atoms. The third-order valence-corrected chi connectivity index (χ3v) is 2.77. The van der Waals surface area contributed by atoms with Gasteiger partial charge in [-0.25, -0.2) is 0 Å². The second kappa shape index (κ2) is 7.85. The van der Waals surface area contributed by atoms with E-state index in [9.17, 15) is 4.79 Å². The van der Waals surface area contributed by atoms with E-state index in [-0.39, 0.29) is 12.0 Å². The van der Waals surface area contributed by atoms with Crippen molar-refractivity contribution in [1.29, 1.82) is 0 Å². The maximum atomic E-state index is 11.3. The van der Waals surface area contributed by atoms with Gasteiger partial charge in [0.25, 0.3) is 0 Å². The largest absolute Gasteiger partial charge is 0.468 e. The molecule has 1 aromatic carbocycles. The number of benzene rings is 1. The number of rotatable bonds is 7. The lowest BCUT2D eigenvalue weighted by atomic mass is 10.1. The number of aryl methyl sites for hydroxylation is 1. The summed E-state index contributed by atoms with van der Waals surface area (Å²) in [7, 11) is 1.43. The third kappa shape index (κ3) is 5.00. The predicted molar refractivity (Wildman–Crippen MR) is 68.9 cm³/mol. The molecule has 0 saturated carbocycles. The highest BCUT2D eigenvalue weighted by molar-refractivity contribution is 5.75. The van der Waals surface area contributed by atoms with Gasteiger partial charge >= 0.3 is 5.97 Å². The Morgan fingerprint density at radius 3 is 2.65 bits per heavy atom. The molecule has 0 amide bonds. The van der Waals surface area contributed by atoms with Crippen LogP contribution in [0.25, 0.3) is 0 Å². The van der Waals surface area contributed by atoms with Gasteiger partial charge in [-0.3, -0.25) is 4.79 Å². The molecular formula is C14H21NO2. The van der Waals surface area contributed by atoms with Crippen molar-refractivity contribution >= 4 is 5.97 Å². The van der Waals surface area contributed by atoms with Crippen LogP contribution in [0, 0.1) is 0 Å². The summed E-state index contributed by atoms with van der Waals surface area (Å²) >= 11 is 0. The Morgan fingerprint density at radius 1 is 1.35 bits per heavy atom. The minimum absolute atomic E-state index is 0.171. The number of nitrogens with one attached hydrogen (secondary N) is 1. The normalized spacial score (nSPS) is 12.1. The van der Waals surface area contributed by atoms with E-state index >= 15 is 0 Å². The molecule has 1 N–H and O–H groups in total. The zero-order valence-electron chi connectivity index (χ0n) is 10.6. The molecule has 0 fully saturated rings. The summed E-state index contributed by atoms with van der Waals surface area (Å²) in [4.78, 5) is 11.3. The zero-order chi connectivity index (χ0) is 12.5. The van der Waals surface area contributed by atoms with Crippen LogP contribution in [0.15, 0.2) is 30.3 Å². The Bertz CT molecular complexity index is 324. The van der Waals surface area contributed by atoms with Crippen LogP contribution in [0.3, 0.4) is 0 Å². The molecule has 0 aliphatic heterocycles. The van der Waals surface area contributed by atoms with Gasteiger partial charge in [0.1, 0.15) is 6.04 Å². The SMILES string of the molecule is CCC(NCCCc1ccccc1)C(=O)OC. The van der Waals surface area contributed by atoms with Crippen molar-refractivity contribution in [3.8, 4) is 0 Å². The molecular weight excluding hydrogens is 214 g/mol. The highest BCUT2D eigenvalue weighted by atomic mass is 16.5. The molecule has 1 rings (SSSR count). The first-order valence-electron chi connectivity index (χ1n) is 6.13. The molecule has 17 heavy (non-hydrogen) atoms. The Hall–Kier alpha value is -1.35. The fourth-order valence-corrected chi connectivity index (χ4v) is 1.75. The molecule has 3 nitrogen and oxygen atoms in total. The van der Waals surface area contributed by atoms with Gasteiger partial charge < -0.3 is 10.1 Å². The van der Waals surface area contributed by atoms with Gasteiger partial charge in [0.15, 0.2) is 0 Å². The Kier molecular flexibility index (Phi) is 6.33. The number of hydrogen-bond donors (Lipinski definition) is 1. The highest BCUT2D eigenvalue weighted by Crippen LogP contribution is 2.02. The van der Waals surface area contributed by atoms with Crippen LogP contribution in [-0.2, 0) is 16.0 Å². The Balaban J connectivity index is 2.21. The van der Waals surface area contributed by atoms with Crippen molar-refractivity contribution < 1.29 is 9.53 Å². The maximum Gasteiger partial charge on any atom is 0.322 e. The van der Waals surface area contributed by atoms with E-state index in [1.165, 1.54) is 12.7 Å². The van der Waals surface area contributed by atoms with E-state index in [2.05, 4.69) is 17.4 Å². The average Bonchev–Trinajstić information content (AvgIpc) is 2.39. The molecule has 1 atom stereocenters. The lowest BCUT2D eigenvalue weighted by Gasteiger charge is -2.14. The van der Waals surface area contributed by atoms with Gasteiger partial charge in [-0.2, -0.15) is 0 Å². The minimum atomic E-state index is -0.174. The van der Waals surface area contributed by atoms with Gasteiger partial charge in [0.05, 0.1) is 7.11 Å². The summed E-state index contributed by atoms with van der Waals surface area (Å²) in [6.45, 7) is 2.81. The van der Waals surface area contributed by atoms with Crippen molar-refractivity contribution in [2.45, 2.75) is 32.2 Å². The van der Waals surface area contributed by atoms with Crippen molar-refractivity contribution in [2.75, 3.05) is 13.7 Å². The van der Waals surface area contributed by atoms with E-state index in [1.54, 1.807) is 0 Å². The number of carbonyl (C=O) groups excluding carboxylic acids is 1. The van der Waals surface area contributed by atoms with E-state index in [0.29, 0.717) is 0 Å². The Morgan fingerprint density at radius 2 is 2.06 bits per heavy atom. The first kappa shape index (κ1) is 13.7. The molecule has 3 heteroatoms. The number of carbonyl (C=O) groups is 1. The molecule has 0 aliphatic carbocycles. The van der Waals surface area contributed by atoms with Crippen molar-refractivity contribution in [1.82, 2.24) is 5.32 Å². The summed E-state index contributed by atoms with van der Waals surface area (Å²) in [5, 5.41) is 3.22. The Labute approximate surface area is 103 Å². The molecule has 1 aromatic rings. The number of hydrogen-bond acceptors (Lipinski definition) is 3. The van der Waals surface area contributed by atoms with E-state index in [4.69, 9.17) is 4.74 Å². The van der Waals surface area contributed by atoms with Crippen LogP contribution in [0.1, 0.15) is 25.3 Å². The van der Waals surface area contributed by atoms with Crippen LogP contribution >= 0.6 is 0 Å². The molecule has 0 aliphatic rings. The lowest BCUT2D eigenvalue weighted by molar-refractivity contribution is -0.143. The summed E-state index contributed by atoms with van der Waals surface area (Å²) in [6.07, 6.45) is 2.82. The topological polar surface area (TPSA) is 38.3 Å². The van der Waals surface area contributed by atoms with Crippen LogP contribution in [0.4, 0.5) is 0 Å². The van der Waals surface area contributed by atoms with Gasteiger partial charge in [-0.15, -0.1) is 0 Å².